The van der Waals surface area contributed by atoms with Crippen LogP contribution in [0.3, 0.4) is 0 Å². The molecule has 0 aliphatic carbocycles. The number of nitrogens with one attached hydrogen (secondary N) is 2. The van der Waals surface area contributed by atoms with E-state index < -0.39 is 0 Å². The van der Waals surface area contributed by atoms with Crippen LogP contribution in [0, 0.1) is 0 Å². The number of halogens is 1. The topological polar surface area (TPSA) is 59.0 Å². The molecule has 17 heavy (non-hydrogen) atoms. The molecule has 5 nitrogen and oxygen atoms in total. The van der Waals surface area contributed by atoms with E-state index in [1.165, 1.54) is 0 Å². The third-order valence-electron chi connectivity index (χ3n) is 2.18. The molecule has 0 aliphatic heterocycles. The maximum Gasteiger partial charge on any atom is 0.324 e. The summed E-state index contributed by atoms with van der Waals surface area (Å²) in [6.07, 6.45) is 1.60. The van der Waals surface area contributed by atoms with Gasteiger partial charge in [0, 0.05) is 13.1 Å². The van der Waals surface area contributed by atoms with Gasteiger partial charge in [-0.2, -0.15) is 5.10 Å². The summed E-state index contributed by atoms with van der Waals surface area (Å²) in [6, 6.07) is 8.37. The first kappa shape index (κ1) is 11.5. The highest BCUT2D eigenvalue weighted by molar-refractivity contribution is 6.33. The maximum atomic E-state index is 11.7. The standard InChI is InChI=1S/C11H11ClN4O/c1-16-10(6-7-13-16)15-11(17)14-9-5-3-2-4-8(9)12/h2-7H,1H3,(H2,14,15,17). The fourth-order valence-electron chi connectivity index (χ4n) is 1.33. The number of amides is 2. The summed E-state index contributed by atoms with van der Waals surface area (Å²) < 4.78 is 1.56. The van der Waals surface area contributed by atoms with Gasteiger partial charge in [-0.15, -0.1) is 0 Å². The molecule has 0 unspecified atom stereocenters. The number of urea groups is 1. The largest absolute Gasteiger partial charge is 0.324 e. The van der Waals surface area contributed by atoms with Crippen molar-refractivity contribution in [3.8, 4) is 0 Å². The number of anilines is 2. The molecule has 1 heterocycles. The van der Waals surface area contributed by atoms with E-state index in [4.69, 9.17) is 11.6 Å². The Morgan fingerprint density at radius 3 is 2.71 bits per heavy atom. The lowest BCUT2D eigenvalue weighted by atomic mass is 10.3. The van der Waals surface area contributed by atoms with Gasteiger partial charge in [-0.3, -0.25) is 10.00 Å². The van der Waals surface area contributed by atoms with E-state index in [1.807, 2.05) is 0 Å². The van der Waals surface area contributed by atoms with Gasteiger partial charge < -0.3 is 5.32 Å². The van der Waals surface area contributed by atoms with Crippen molar-refractivity contribution >= 4 is 29.1 Å². The average molecular weight is 251 g/mol. The van der Waals surface area contributed by atoms with Crippen LogP contribution in [0.15, 0.2) is 36.5 Å². The van der Waals surface area contributed by atoms with Crippen LogP contribution in [0.4, 0.5) is 16.3 Å². The third-order valence-corrected chi connectivity index (χ3v) is 2.51. The van der Waals surface area contributed by atoms with Crippen molar-refractivity contribution < 1.29 is 4.79 Å². The van der Waals surface area contributed by atoms with Crippen molar-refractivity contribution in [2.75, 3.05) is 10.6 Å². The van der Waals surface area contributed by atoms with Crippen molar-refractivity contribution in [3.63, 3.8) is 0 Å². The van der Waals surface area contributed by atoms with E-state index >= 15 is 0 Å². The molecule has 0 fully saturated rings. The molecule has 1 aromatic carbocycles. The molecule has 88 valence electrons. The highest BCUT2D eigenvalue weighted by Crippen LogP contribution is 2.20. The second kappa shape index (κ2) is 4.88. The van der Waals surface area contributed by atoms with Crippen molar-refractivity contribution in [2.45, 2.75) is 0 Å². The van der Waals surface area contributed by atoms with Crippen LogP contribution in [0.2, 0.25) is 5.02 Å². The third kappa shape index (κ3) is 2.76. The van der Waals surface area contributed by atoms with Gasteiger partial charge in [0.2, 0.25) is 0 Å². The van der Waals surface area contributed by atoms with Gasteiger partial charge in [-0.25, -0.2) is 4.79 Å². The minimum atomic E-state index is -0.360. The van der Waals surface area contributed by atoms with Gasteiger partial charge in [-0.05, 0) is 12.1 Å². The summed E-state index contributed by atoms with van der Waals surface area (Å²) in [5.41, 5.74) is 0.564. The lowest BCUT2D eigenvalue weighted by Gasteiger charge is -2.08. The number of hydrogen-bond donors (Lipinski definition) is 2. The lowest BCUT2D eigenvalue weighted by Crippen LogP contribution is -2.21. The number of aromatic nitrogens is 2. The minimum absolute atomic E-state index is 0.360. The Bertz CT molecular complexity index is 538. The first-order valence-corrected chi connectivity index (χ1v) is 5.35. The van der Waals surface area contributed by atoms with Crippen LogP contribution in [-0.4, -0.2) is 15.8 Å². The summed E-state index contributed by atoms with van der Waals surface area (Å²) >= 11 is 5.92. The van der Waals surface area contributed by atoms with Crippen LogP contribution in [0.25, 0.3) is 0 Å². The zero-order valence-corrected chi connectivity index (χ0v) is 9.90. The van der Waals surface area contributed by atoms with Crippen molar-refractivity contribution in [1.29, 1.82) is 0 Å². The first-order valence-electron chi connectivity index (χ1n) is 4.97. The highest BCUT2D eigenvalue weighted by atomic mass is 35.5. The van der Waals surface area contributed by atoms with Crippen LogP contribution in [0.1, 0.15) is 0 Å². The molecule has 2 rings (SSSR count). The van der Waals surface area contributed by atoms with Crippen molar-refractivity contribution in [1.82, 2.24) is 9.78 Å². The molecule has 0 saturated heterocycles. The number of hydrogen-bond acceptors (Lipinski definition) is 2. The molecule has 2 N–H and O–H groups in total. The van der Waals surface area contributed by atoms with Gasteiger partial charge in [0.25, 0.3) is 0 Å². The second-order valence-electron chi connectivity index (χ2n) is 3.40. The van der Waals surface area contributed by atoms with Gasteiger partial charge in [0.1, 0.15) is 5.82 Å². The summed E-state index contributed by atoms with van der Waals surface area (Å²) in [4.78, 5) is 11.7. The van der Waals surface area contributed by atoms with Gasteiger partial charge in [0.15, 0.2) is 0 Å². The normalized spacial score (nSPS) is 10.0. The van der Waals surface area contributed by atoms with E-state index in [0.717, 1.165) is 0 Å². The SMILES string of the molecule is Cn1nccc1NC(=O)Nc1ccccc1Cl. The monoisotopic (exact) mass is 250 g/mol. The smallest absolute Gasteiger partial charge is 0.306 e. The van der Waals surface area contributed by atoms with Crippen LogP contribution >= 0.6 is 11.6 Å². The molecule has 2 amide bonds. The Morgan fingerprint density at radius 2 is 2.06 bits per heavy atom. The molecular formula is C11H11ClN4O. The summed E-state index contributed by atoms with van der Waals surface area (Å²) in [5.74, 6) is 0.606. The number of benzene rings is 1. The molecular weight excluding hydrogens is 240 g/mol. The van der Waals surface area contributed by atoms with Crippen molar-refractivity contribution in [3.05, 3.63) is 41.6 Å². The molecule has 1 aromatic heterocycles. The average Bonchev–Trinajstić information content (AvgIpc) is 2.68. The van der Waals surface area contributed by atoms with Gasteiger partial charge >= 0.3 is 6.03 Å². The zero-order valence-electron chi connectivity index (χ0n) is 9.14. The van der Waals surface area contributed by atoms with E-state index in [9.17, 15) is 4.79 Å². The zero-order chi connectivity index (χ0) is 12.3. The number of carbonyl (C=O) groups excluding carboxylic acids is 1. The molecule has 0 radical (unpaired) electrons. The molecule has 0 saturated carbocycles. The number of aryl methyl sites for hydroxylation is 1. The highest BCUT2D eigenvalue weighted by Gasteiger charge is 2.06. The van der Waals surface area contributed by atoms with E-state index in [-0.39, 0.29) is 6.03 Å². The van der Waals surface area contributed by atoms with E-state index in [2.05, 4.69) is 15.7 Å². The molecule has 0 aliphatic rings. The fraction of sp³-hybridized carbons (Fsp3) is 0.0909. The fourth-order valence-corrected chi connectivity index (χ4v) is 1.51. The maximum absolute atomic E-state index is 11.7. The number of carbonyl (C=O) groups is 1. The molecule has 0 bridgehead atoms. The van der Waals surface area contributed by atoms with E-state index in [0.29, 0.717) is 16.5 Å². The Hall–Kier alpha value is -2.01. The molecule has 2 aromatic rings. The summed E-state index contributed by atoms with van der Waals surface area (Å²) in [7, 11) is 1.74. The summed E-state index contributed by atoms with van der Waals surface area (Å²) in [6.45, 7) is 0. The Morgan fingerprint density at radius 1 is 1.29 bits per heavy atom. The molecule has 0 atom stereocenters. The van der Waals surface area contributed by atoms with Crippen LogP contribution < -0.4 is 10.6 Å². The van der Waals surface area contributed by atoms with Crippen LogP contribution in [0.5, 0.6) is 0 Å². The number of para-hydroxylation sites is 1. The van der Waals surface area contributed by atoms with Crippen LogP contribution in [-0.2, 0) is 7.05 Å². The van der Waals surface area contributed by atoms with Crippen molar-refractivity contribution in [2.24, 2.45) is 7.05 Å². The predicted octanol–water partition coefficient (Wildman–Crippen LogP) is 2.72. The number of rotatable bonds is 2. The quantitative estimate of drug-likeness (QED) is 0.861. The predicted molar refractivity (Wildman–Crippen MR) is 67.3 cm³/mol. The lowest BCUT2D eigenvalue weighted by molar-refractivity contribution is 0.262. The second-order valence-corrected chi connectivity index (χ2v) is 3.81. The number of nitrogens with zero attached hydrogens (tertiary/aromatic N) is 2. The van der Waals surface area contributed by atoms with Gasteiger partial charge in [-0.1, -0.05) is 23.7 Å². The summed E-state index contributed by atoms with van der Waals surface area (Å²) in [5, 5.41) is 9.75. The van der Waals surface area contributed by atoms with Gasteiger partial charge in [0.05, 0.1) is 16.9 Å². The van der Waals surface area contributed by atoms with E-state index in [1.54, 1.807) is 48.3 Å². The Kier molecular flexibility index (Phi) is 3.30. The first-order chi connectivity index (χ1) is 8.16. The molecule has 0 spiro atoms. The Balaban J connectivity index is 2.03. The minimum Gasteiger partial charge on any atom is -0.306 e. The Labute approximate surface area is 103 Å². The molecule has 6 heteroatoms.